The van der Waals surface area contributed by atoms with E-state index in [1.165, 1.54) is 6.92 Å². The number of amides is 1. The van der Waals surface area contributed by atoms with Gasteiger partial charge in [0.15, 0.2) is 5.54 Å². The fourth-order valence-corrected chi connectivity index (χ4v) is 2.32. The van der Waals surface area contributed by atoms with Gasteiger partial charge >= 0.3 is 5.97 Å². The van der Waals surface area contributed by atoms with Crippen molar-refractivity contribution in [2.24, 2.45) is 0 Å². The highest BCUT2D eigenvalue weighted by Gasteiger charge is 2.38. The summed E-state index contributed by atoms with van der Waals surface area (Å²) in [6, 6.07) is 15.0. The normalized spacial score (nSPS) is 13.2. The molecule has 1 unspecified atom stereocenters. The second-order valence-electron chi connectivity index (χ2n) is 4.73. The maximum Gasteiger partial charge on any atom is 0.333 e. The molecule has 0 spiro atoms. The molecule has 2 aromatic rings. The van der Waals surface area contributed by atoms with E-state index in [2.05, 4.69) is 5.32 Å². The van der Waals surface area contributed by atoms with Gasteiger partial charge in [-0.05, 0) is 25.1 Å². The van der Waals surface area contributed by atoms with Gasteiger partial charge in [-0.1, -0.05) is 48.0 Å². The first-order valence-electron chi connectivity index (χ1n) is 6.31. The first kappa shape index (κ1) is 15.1. The molecule has 4 nitrogen and oxygen atoms in total. The number of aliphatic carboxylic acids is 1. The number of halogens is 1. The van der Waals surface area contributed by atoms with Crippen molar-refractivity contribution in [1.82, 2.24) is 5.32 Å². The minimum Gasteiger partial charge on any atom is -0.479 e. The monoisotopic (exact) mass is 303 g/mol. The van der Waals surface area contributed by atoms with E-state index in [4.69, 9.17) is 11.6 Å². The Bertz CT molecular complexity index is 672. The summed E-state index contributed by atoms with van der Waals surface area (Å²) in [6.45, 7) is 1.41. The molecule has 0 aliphatic rings. The van der Waals surface area contributed by atoms with E-state index >= 15 is 0 Å². The number of carbonyl (C=O) groups excluding carboxylic acids is 1. The van der Waals surface area contributed by atoms with E-state index in [9.17, 15) is 14.7 Å². The van der Waals surface area contributed by atoms with Crippen LogP contribution in [0, 0.1) is 0 Å². The second-order valence-corrected chi connectivity index (χ2v) is 5.14. The SMILES string of the molecule is CC(NC(=O)c1ccccc1)(C(=O)O)c1ccccc1Cl. The maximum absolute atomic E-state index is 12.2. The van der Waals surface area contributed by atoms with Crippen LogP contribution in [0.1, 0.15) is 22.8 Å². The fourth-order valence-electron chi connectivity index (χ4n) is 1.99. The summed E-state index contributed by atoms with van der Waals surface area (Å²) in [5, 5.41) is 12.4. The van der Waals surface area contributed by atoms with Crippen LogP contribution in [0.2, 0.25) is 5.02 Å². The van der Waals surface area contributed by atoms with Crippen LogP contribution in [-0.4, -0.2) is 17.0 Å². The molecule has 2 rings (SSSR count). The number of carboxylic acid groups (broad SMARTS) is 1. The maximum atomic E-state index is 12.2. The lowest BCUT2D eigenvalue weighted by atomic mass is 9.91. The third-order valence-electron chi connectivity index (χ3n) is 3.24. The van der Waals surface area contributed by atoms with Crippen molar-refractivity contribution in [3.8, 4) is 0 Å². The zero-order valence-corrected chi connectivity index (χ0v) is 12.1. The number of benzene rings is 2. The quantitative estimate of drug-likeness (QED) is 0.912. The van der Waals surface area contributed by atoms with Crippen molar-refractivity contribution in [3.05, 3.63) is 70.7 Å². The number of nitrogens with one attached hydrogen (secondary N) is 1. The van der Waals surface area contributed by atoms with Gasteiger partial charge in [-0.15, -0.1) is 0 Å². The molecule has 0 heterocycles. The van der Waals surface area contributed by atoms with Crippen LogP contribution < -0.4 is 5.32 Å². The van der Waals surface area contributed by atoms with Gasteiger partial charge in [0, 0.05) is 16.1 Å². The Morgan fingerprint density at radius 2 is 1.62 bits per heavy atom. The Morgan fingerprint density at radius 3 is 2.19 bits per heavy atom. The van der Waals surface area contributed by atoms with Gasteiger partial charge in [0.05, 0.1) is 0 Å². The van der Waals surface area contributed by atoms with Gasteiger partial charge in [0.2, 0.25) is 0 Å². The smallest absolute Gasteiger partial charge is 0.333 e. The summed E-state index contributed by atoms with van der Waals surface area (Å²) in [7, 11) is 0. The average molecular weight is 304 g/mol. The van der Waals surface area contributed by atoms with Gasteiger partial charge in [-0.25, -0.2) is 4.79 Å². The van der Waals surface area contributed by atoms with E-state index in [0.29, 0.717) is 11.1 Å². The first-order chi connectivity index (χ1) is 9.95. The molecule has 0 fully saturated rings. The van der Waals surface area contributed by atoms with Crippen LogP contribution in [0.3, 0.4) is 0 Å². The van der Waals surface area contributed by atoms with Crippen molar-refractivity contribution < 1.29 is 14.7 Å². The highest BCUT2D eigenvalue weighted by atomic mass is 35.5. The molecule has 0 saturated carbocycles. The summed E-state index contributed by atoms with van der Waals surface area (Å²) in [4.78, 5) is 23.9. The molecule has 0 radical (unpaired) electrons. The zero-order chi connectivity index (χ0) is 15.5. The minimum absolute atomic E-state index is 0.288. The van der Waals surface area contributed by atoms with Gasteiger partial charge in [-0.3, -0.25) is 4.79 Å². The van der Waals surface area contributed by atoms with Gasteiger partial charge < -0.3 is 10.4 Å². The third kappa shape index (κ3) is 3.06. The number of rotatable bonds is 4. The molecule has 2 N–H and O–H groups in total. The van der Waals surface area contributed by atoms with E-state index in [1.807, 2.05) is 0 Å². The topological polar surface area (TPSA) is 66.4 Å². The Hall–Kier alpha value is -2.33. The van der Waals surface area contributed by atoms with Crippen LogP contribution in [0.25, 0.3) is 0 Å². The third-order valence-corrected chi connectivity index (χ3v) is 3.57. The molecular formula is C16H14ClNO3. The lowest BCUT2D eigenvalue weighted by Gasteiger charge is -2.27. The molecule has 5 heteroatoms. The number of hydrogen-bond donors (Lipinski definition) is 2. The molecule has 108 valence electrons. The van der Waals surface area contributed by atoms with Gasteiger partial charge in [0.1, 0.15) is 0 Å². The summed E-state index contributed by atoms with van der Waals surface area (Å²) in [5.41, 5.74) is -0.883. The van der Waals surface area contributed by atoms with Crippen molar-refractivity contribution in [2.75, 3.05) is 0 Å². The predicted octanol–water partition coefficient (Wildman–Crippen LogP) is 3.07. The molecular weight excluding hydrogens is 290 g/mol. The van der Waals surface area contributed by atoms with Crippen molar-refractivity contribution in [1.29, 1.82) is 0 Å². The van der Waals surface area contributed by atoms with Gasteiger partial charge in [0.25, 0.3) is 5.91 Å². The van der Waals surface area contributed by atoms with Crippen molar-refractivity contribution in [2.45, 2.75) is 12.5 Å². The summed E-state index contributed by atoms with van der Waals surface area (Å²) in [5.74, 6) is -1.65. The number of carboxylic acids is 1. The van der Waals surface area contributed by atoms with E-state index < -0.39 is 17.4 Å². The summed E-state index contributed by atoms with van der Waals surface area (Å²) >= 11 is 6.07. The van der Waals surface area contributed by atoms with Crippen molar-refractivity contribution in [3.63, 3.8) is 0 Å². The number of carbonyl (C=O) groups is 2. The van der Waals surface area contributed by atoms with Crippen LogP contribution in [0.15, 0.2) is 54.6 Å². The minimum atomic E-state index is -1.61. The molecule has 1 atom stereocenters. The standard InChI is InChI=1S/C16H14ClNO3/c1-16(15(20)21,12-9-5-6-10-13(12)17)18-14(19)11-7-3-2-4-8-11/h2-10H,1H3,(H,18,19)(H,20,21). The Kier molecular flexibility index (Phi) is 4.29. The predicted molar refractivity (Wildman–Crippen MR) is 80.3 cm³/mol. The van der Waals surface area contributed by atoms with Crippen LogP contribution in [0.4, 0.5) is 0 Å². The number of hydrogen-bond acceptors (Lipinski definition) is 2. The lowest BCUT2D eigenvalue weighted by molar-refractivity contribution is -0.144. The first-order valence-corrected chi connectivity index (χ1v) is 6.69. The molecule has 0 saturated heterocycles. The van der Waals surface area contributed by atoms with E-state index in [0.717, 1.165) is 0 Å². The van der Waals surface area contributed by atoms with Crippen LogP contribution in [-0.2, 0) is 10.3 Å². The van der Waals surface area contributed by atoms with Gasteiger partial charge in [-0.2, -0.15) is 0 Å². The molecule has 2 aromatic carbocycles. The highest BCUT2D eigenvalue weighted by molar-refractivity contribution is 6.31. The Balaban J connectivity index is 2.38. The Labute approximate surface area is 127 Å². The van der Waals surface area contributed by atoms with Crippen LogP contribution in [0.5, 0.6) is 0 Å². The van der Waals surface area contributed by atoms with E-state index in [-0.39, 0.29) is 5.02 Å². The molecule has 21 heavy (non-hydrogen) atoms. The molecule has 0 aliphatic carbocycles. The molecule has 0 bridgehead atoms. The lowest BCUT2D eigenvalue weighted by Crippen LogP contribution is -2.49. The summed E-state index contributed by atoms with van der Waals surface area (Å²) in [6.07, 6.45) is 0. The second kappa shape index (κ2) is 5.97. The Morgan fingerprint density at radius 1 is 1.05 bits per heavy atom. The summed E-state index contributed by atoms with van der Waals surface area (Å²) < 4.78 is 0. The van der Waals surface area contributed by atoms with Crippen molar-refractivity contribution >= 4 is 23.5 Å². The molecule has 1 amide bonds. The average Bonchev–Trinajstić information content (AvgIpc) is 2.48. The van der Waals surface area contributed by atoms with E-state index in [1.54, 1.807) is 54.6 Å². The molecule has 0 aliphatic heterocycles. The van der Waals surface area contributed by atoms with Crippen LogP contribution >= 0.6 is 11.6 Å². The highest BCUT2D eigenvalue weighted by Crippen LogP contribution is 2.28. The zero-order valence-electron chi connectivity index (χ0n) is 11.3. The largest absolute Gasteiger partial charge is 0.479 e. The fraction of sp³-hybridized carbons (Fsp3) is 0.125. The molecule has 0 aromatic heterocycles.